The minimum Gasteiger partial charge on any atom is -0.467 e. The third-order valence-corrected chi connectivity index (χ3v) is 10.9. The van der Waals surface area contributed by atoms with Gasteiger partial charge in [-0.3, -0.25) is 0 Å². The van der Waals surface area contributed by atoms with Crippen LogP contribution in [0.1, 0.15) is 45.7 Å². The van der Waals surface area contributed by atoms with Crippen LogP contribution in [0.5, 0.6) is 0 Å². The Morgan fingerprint density at radius 1 is 1.14 bits per heavy atom. The fourth-order valence-electron chi connectivity index (χ4n) is 3.94. The minimum atomic E-state index is -2.01. The number of benzene rings is 1. The fourth-order valence-corrected chi connectivity index (χ4v) is 6.71. The molecular formula is C24H37NO3Si. The number of ether oxygens (including phenoxy) is 1. The normalized spacial score (nSPS) is 21.0. The summed E-state index contributed by atoms with van der Waals surface area (Å²) in [5.41, 5.74) is 1.06. The molecule has 0 unspecified atom stereocenters. The SMILES string of the molecule is CC[Si](CC)(CC)O[C@@H](C(=O)OC)[C@@H](NC[C@]1(C)C=CC=CC1)c1ccccc1. The highest BCUT2D eigenvalue weighted by atomic mass is 28.4. The summed E-state index contributed by atoms with van der Waals surface area (Å²) < 4.78 is 11.9. The van der Waals surface area contributed by atoms with E-state index in [1.54, 1.807) is 0 Å². The quantitative estimate of drug-likeness (QED) is 0.388. The number of hydrogen-bond donors (Lipinski definition) is 1. The number of carbonyl (C=O) groups is 1. The van der Waals surface area contributed by atoms with Crippen molar-refractivity contribution < 1.29 is 14.0 Å². The van der Waals surface area contributed by atoms with Crippen molar-refractivity contribution in [3.63, 3.8) is 0 Å². The van der Waals surface area contributed by atoms with Gasteiger partial charge in [0.25, 0.3) is 0 Å². The van der Waals surface area contributed by atoms with E-state index in [0.29, 0.717) is 0 Å². The first-order valence-corrected chi connectivity index (χ1v) is 13.3. The average Bonchev–Trinajstić information content (AvgIpc) is 2.77. The van der Waals surface area contributed by atoms with E-state index in [1.807, 2.05) is 18.2 Å². The summed E-state index contributed by atoms with van der Waals surface area (Å²) in [6.07, 6.45) is 8.93. The fraction of sp³-hybridized carbons (Fsp3) is 0.542. The highest BCUT2D eigenvalue weighted by Gasteiger charge is 2.40. The molecule has 3 atom stereocenters. The summed E-state index contributed by atoms with van der Waals surface area (Å²) >= 11 is 0. The maximum Gasteiger partial charge on any atom is 0.335 e. The Morgan fingerprint density at radius 3 is 2.31 bits per heavy atom. The molecule has 160 valence electrons. The molecule has 1 N–H and O–H groups in total. The molecule has 0 bridgehead atoms. The molecule has 0 aliphatic heterocycles. The lowest BCUT2D eigenvalue weighted by atomic mass is 9.83. The Kier molecular flexibility index (Phi) is 8.87. The van der Waals surface area contributed by atoms with Crippen LogP contribution in [0.25, 0.3) is 0 Å². The first-order chi connectivity index (χ1) is 13.9. The van der Waals surface area contributed by atoms with Crippen molar-refractivity contribution in [2.45, 2.75) is 64.4 Å². The zero-order valence-corrected chi connectivity index (χ0v) is 19.6. The van der Waals surface area contributed by atoms with Gasteiger partial charge in [-0.1, -0.05) is 82.3 Å². The average molecular weight is 416 g/mol. The first-order valence-electron chi connectivity index (χ1n) is 10.8. The van der Waals surface area contributed by atoms with Gasteiger partial charge in [0, 0.05) is 12.0 Å². The third kappa shape index (κ3) is 6.14. The highest BCUT2D eigenvalue weighted by molar-refractivity contribution is 6.73. The van der Waals surface area contributed by atoms with Crippen LogP contribution in [0.15, 0.2) is 54.6 Å². The molecule has 1 aliphatic rings. The van der Waals surface area contributed by atoms with Gasteiger partial charge >= 0.3 is 5.97 Å². The molecule has 1 aliphatic carbocycles. The summed E-state index contributed by atoms with van der Waals surface area (Å²) in [6.45, 7) is 9.53. The Morgan fingerprint density at radius 2 is 1.79 bits per heavy atom. The Bertz CT molecular complexity index is 691. The van der Waals surface area contributed by atoms with E-state index >= 15 is 0 Å². The van der Waals surface area contributed by atoms with Crippen molar-refractivity contribution in [3.05, 3.63) is 60.2 Å². The van der Waals surface area contributed by atoms with Crippen LogP contribution in [0, 0.1) is 5.41 Å². The summed E-state index contributed by atoms with van der Waals surface area (Å²) in [6, 6.07) is 12.8. The van der Waals surface area contributed by atoms with Crippen LogP contribution < -0.4 is 5.32 Å². The molecule has 0 spiro atoms. The second-order valence-corrected chi connectivity index (χ2v) is 12.9. The van der Waals surface area contributed by atoms with E-state index in [4.69, 9.17) is 9.16 Å². The lowest BCUT2D eigenvalue weighted by molar-refractivity contribution is -0.151. The monoisotopic (exact) mass is 415 g/mol. The van der Waals surface area contributed by atoms with Gasteiger partial charge in [0.1, 0.15) is 0 Å². The molecule has 0 amide bonds. The van der Waals surface area contributed by atoms with Crippen LogP contribution in [-0.4, -0.2) is 34.0 Å². The van der Waals surface area contributed by atoms with E-state index in [2.05, 4.69) is 69.4 Å². The maximum absolute atomic E-state index is 12.9. The van der Waals surface area contributed by atoms with Crippen molar-refractivity contribution in [2.24, 2.45) is 5.41 Å². The van der Waals surface area contributed by atoms with Crippen molar-refractivity contribution in [2.75, 3.05) is 13.7 Å². The zero-order valence-electron chi connectivity index (χ0n) is 18.6. The zero-order chi connectivity index (χ0) is 21.3. The van der Waals surface area contributed by atoms with Gasteiger partial charge in [0.2, 0.25) is 0 Å². The van der Waals surface area contributed by atoms with E-state index in [-0.39, 0.29) is 17.4 Å². The Balaban J connectivity index is 2.35. The van der Waals surface area contributed by atoms with Crippen molar-refractivity contribution >= 4 is 14.3 Å². The van der Waals surface area contributed by atoms with E-state index in [1.165, 1.54) is 7.11 Å². The standard InChI is InChI=1S/C24H37NO3Si/c1-6-29(7-2,8-3)28-22(23(26)27-5)21(20-15-11-9-12-16-20)25-19-24(4)17-13-10-14-18-24/h9-17,21-22,25H,6-8,18-19H2,1-5H3/t21-,22+,24+/m0/s1. The molecule has 0 fully saturated rings. The predicted molar refractivity (Wildman–Crippen MR) is 122 cm³/mol. The second-order valence-electron chi connectivity index (χ2n) is 8.22. The minimum absolute atomic E-state index is 0.0111. The summed E-state index contributed by atoms with van der Waals surface area (Å²) in [5.74, 6) is -0.303. The molecule has 1 aromatic carbocycles. The molecule has 0 saturated carbocycles. The maximum atomic E-state index is 12.9. The van der Waals surface area contributed by atoms with Crippen LogP contribution in [0.2, 0.25) is 18.1 Å². The largest absolute Gasteiger partial charge is 0.467 e. The molecule has 0 saturated heterocycles. The lowest BCUT2D eigenvalue weighted by Gasteiger charge is -2.37. The van der Waals surface area contributed by atoms with Crippen LogP contribution in [0.4, 0.5) is 0 Å². The molecule has 1 aromatic rings. The molecular weight excluding hydrogens is 378 g/mol. The molecule has 0 heterocycles. The van der Waals surface area contributed by atoms with Crippen molar-refractivity contribution in [1.29, 1.82) is 0 Å². The number of esters is 1. The number of rotatable bonds is 11. The van der Waals surface area contributed by atoms with E-state index in [9.17, 15) is 4.79 Å². The van der Waals surface area contributed by atoms with Gasteiger partial charge in [-0.25, -0.2) is 4.79 Å². The van der Waals surface area contributed by atoms with Gasteiger partial charge in [0.05, 0.1) is 13.2 Å². The molecule has 29 heavy (non-hydrogen) atoms. The smallest absolute Gasteiger partial charge is 0.335 e. The van der Waals surface area contributed by atoms with Gasteiger partial charge in [-0.05, 0) is 30.1 Å². The van der Waals surface area contributed by atoms with Gasteiger partial charge < -0.3 is 14.5 Å². The van der Waals surface area contributed by atoms with E-state index in [0.717, 1.165) is 36.7 Å². The number of allylic oxidation sites excluding steroid dienone is 3. The summed E-state index contributed by atoms with van der Waals surface area (Å²) in [7, 11) is -0.560. The number of hydrogen-bond acceptors (Lipinski definition) is 4. The summed E-state index contributed by atoms with van der Waals surface area (Å²) in [5, 5.41) is 3.67. The van der Waals surface area contributed by atoms with Crippen molar-refractivity contribution in [3.8, 4) is 0 Å². The molecule has 4 nitrogen and oxygen atoms in total. The Labute approximate surface area is 177 Å². The second kappa shape index (κ2) is 10.9. The number of nitrogens with one attached hydrogen (secondary N) is 1. The van der Waals surface area contributed by atoms with E-state index < -0.39 is 14.4 Å². The van der Waals surface area contributed by atoms with Crippen LogP contribution in [0.3, 0.4) is 0 Å². The topological polar surface area (TPSA) is 47.6 Å². The van der Waals surface area contributed by atoms with Crippen LogP contribution in [-0.2, 0) is 14.0 Å². The lowest BCUT2D eigenvalue weighted by Crippen LogP contribution is -2.50. The predicted octanol–water partition coefficient (Wildman–Crippen LogP) is 5.40. The Hall–Kier alpha value is -1.69. The number of methoxy groups -OCH3 is 1. The van der Waals surface area contributed by atoms with Gasteiger partial charge in [0.15, 0.2) is 14.4 Å². The van der Waals surface area contributed by atoms with Gasteiger partial charge in [-0.2, -0.15) is 0 Å². The summed E-state index contributed by atoms with van der Waals surface area (Å²) in [4.78, 5) is 12.9. The van der Waals surface area contributed by atoms with Crippen LogP contribution >= 0.6 is 0 Å². The molecule has 0 radical (unpaired) electrons. The highest BCUT2D eigenvalue weighted by Crippen LogP contribution is 2.32. The molecule has 5 heteroatoms. The number of carbonyl (C=O) groups excluding carboxylic acids is 1. The first kappa shape index (κ1) is 23.6. The molecule has 0 aromatic heterocycles. The molecule has 2 rings (SSSR count). The van der Waals surface area contributed by atoms with Gasteiger partial charge in [-0.15, -0.1) is 0 Å². The van der Waals surface area contributed by atoms with Crippen molar-refractivity contribution in [1.82, 2.24) is 5.32 Å². The third-order valence-electron chi connectivity index (χ3n) is 6.26.